The summed E-state index contributed by atoms with van der Waals surface area (Å²) in [5.74, 6) is -2.00. The van der Waals surface area contributed by atoms with Gasteiger partial charge in [0, 0.05) is 29.3 Å². The molecule has 8 nitrogen and oxygen atoms in total. The van der Waals surface area contributed by atoms with Gasteiger partial charge in [-0.2, -0.15) is 0 Å². The highest BCUT2D eigenvalue weighted by Crippen LogP contribution is 2.43. The molecular weight excluding hydrogens is 594 g/mol. The summed E-state index contributed by atoms with van der Waals surface area (Å²) in [5.41, 5.74) is 3.67. The molecule has 0 radical (unpaired) electrons. The number of aromatic nitrogens is 1. The van der Waals surface area contributed by atoms with Crippen LogP contribution in [0, 0.1) is 11.6 Å². The first kappa shape index (κ1) is 34.2. The van der Waals surface area contributed by atoms with E-state index < -0.39 is 35.7 Å². The maximum atomic E-state index is 14.5. The van der Waals surface area contributed by atoms with Crippen molar-refractivity contribution in [2.75, 3.05) is 14.2 Å². The SMILES string of the molecule is COC(=O)CC(O)CC(O)C=Cc1c(-c2ccc(F)cc2)c(-c2ccc(F)cc2)c(C(=O)N(Cc2ccccc2)OC)n1C(C)C. The van der Waals surface area contributed by atoms with Gasteiger partial charge in [0.05, 0.1) is 39.4 Å². The molecule has 0 saturated heterocycles. The van der Waals surface area contributed by atoms with E-state index in [1.807, 2.05) is 44.2 Å². The third kappa shape index (κ3) is 8.14. The predicted octanol–water partition coefficient (Wildman–Crippen LogP) is 6.57. The smallest absolute Gasteiger partial charge is 0.308 e. The summed E-state index contributed by atoms with van der Waals surface area (Å²) in [5, 5.41) is 22.3. The number of esters is 1. The number of methoxy groups -OCH3 is 1. The lowest BCUT2D eigenvalue weighted by atomic mass is 9.94. The summed E-state index contributed by atoms with van der Waals surface area (Å²) in [4.78, 5) is 31.7. The number of carbonyl (C=O) groups is 2. The molecular formula is C36H38F2N2O6. The fourth-order valence-electron chi connectivity index (χ4n) is 5.33. The highest BCUT2D eigenvalue weighted by Gasteiger charge is 2.32. The molecule has 0 aliphatic rings. The van der Waals surface area contributed by atoms with E-state index in [4.69, 9.17) is 4.84 Å². The van der Waals surface area contributed by atoms with Gasteiger partial charge in [-0.1, -0.05) is 60.7 Å². The van der Waals surface area contributed by atoms with Crippen molar-refractivity contribution in [2.45, 2.75) is 51.5 Å². The van der Waals surface area contributed by atoms with Crippen molar-refractivity contribution in [3.63, 3.8) is 0 Å². The second-order valence-corrected chi connectivity index (χ2v) is 11.1. The van der Waals surface area contributed by atoms with Crippen LogP contribution in [-0.2, 0) is 20.9 Å². The molecule has 0 aliphatic carbocycles. The number of hydroxylamine groups is 2. The maximum Gasteiger partial charge on any atom is 0.308 e. The Hall–Kier alpha value is -4.64. The number of benzene rings is 3. The molecule has 2 N–H and O–H groups in total. The van der Waals surface area contributed by atoms with Crippen molar-refractivity contribution >= 4 is 18.0 Å². The van der Waals surface area contributed by atoms with Crippen LogP contribution in [0.25, 0.3) is 28.3 Å². The quantitative estimate of drug-likeness (QED) is 0.128. The summed E-state index contributed by atoms with van der Waals surface area (Å²) >= 11 is 0. The number of ether oxygens (including phenoxy) is 1. The molecule has 1 aromatic heterocycles. The number of carbonyl (C=O) groups excluding carboxylic acids is 2. The topological polar surface area (TPSA) is 101 Å². The average Bonchev–Trinajstić information content (AvgIpc) is 3.38. The predicted molar refractivity (Wildman–Crippen MR) is 171 cm³/mol. The number of rotatable bonds is 13. The van der Waals surface area contributed by atoms with E-state index in [1.165, 1.54) is 49.6 Å². The van der Waals surface area contributed by atoms with E-state index in [0.717, 1.165) is 5.56 Å². The lowest BCUT2D eigenvalue weighted by Gasteiger charge is -2.23. The number of aliphatic hydroxyl groups is 2. The van der Waals surface area contributed by atoms with Crippen molar-refractivity contribution in [3.8, 4) is 22.3 Å². The molecule has 242 valence electrons. The van der Waals surface area contributed by atoms with Gasteiger partial charge in [0.25, 0.3) is 5.91 Å². The first-order valence-electron chi connectivity index (χ1n) is 14.8. The van der Waals surface area contributed by atoms with Crippen LogP contribution >= 0.6 is 0 Å². The summed E-state index contributed by atoms with van der Waals surface area (Å²) in [6.07, 6.45) is 0.338. The van der Waals surface area contributed by atoms with E-state index in [-0.39, 0.29) is 31.1 Å². The standard InChI is InChI=1S/C36H38F2N2O6/c1-23(2)40-31(19-18-29(41)20-30(42)21-32(43)45-3)33(25-10-14-27(37)15-11-25)34(26-12-16-28(38)17-13-26)35(40)36(44)39(46-4)22-24-8-6-5-7-9-24/h5-19,23,29-30,41-42H,20-22H2,1-4H3. The summed E-state index contributed by atoms with van der Waals surface area (Å²) < 4.78 is 34.7. The van der Waals surface area contributed by atoms with Gasteiger partial charge in [0.2, 0.25) is 0 Å². The Kier molecular flexibility index (Phi) is 11.6. The Bertz CT molecular complexity index is 1650. The number of amides is 1. The van der Waals surface area contributed by atoms with Crippen molar-refractivity contribution in [3.05, 3.63) is 114 Å². The minimum Gasteiger partial charge on any atom is -0.469 e. The Labute approximate surface area is 267 Å². The van der Waals surface area contributed by atoms with Crippen molar-refractivity contribution < 1.29 is 38.2 Å². The van der Waals surface area contributed by atoms with E-state index in [2.05, 4.69) is 4.74 Å². The van der Waals surface area contributed by atoms with Crippen LogP contribution < -0.4 is 0 Å². The Morgan fingerprint density at radius 3 is 1.96 bits per heavy atom. The van der Waals surface area contributed by atoms with Gasteiger partial charge in [-0.3, -0.25) is 14.4 Å². The number of hydrogen-bond acceptors (Lipinski definition) is 6. The fraction of sp³-hybridized carbons (Fsp3) is 0.278. The second-order valence-electron chi connectivity index (χ2n) is 11.1. The number of halogens is 2. The summed E-state index contributed by atoms with van der Waals surface area (Å²) in [7, 11) is 2.61. The van der Waals surface area contributed by atoms with Gasteiger partial charge in [0.1, 0.15) is 17.3 Å². The van der Waals surface area contributed by atoms with Gasteiger partial charge < -0.3 is 19.5 Å². The van der Waals surface area contributed by atoms with Crippen molar-refractivity contribution in [1.29, 1.82) is 0 Å². The Morgan fingerprint density at radius 2 is 1.43 bits per heavy atom. The van der Waals surface area contributed by atoms with Crippen LogP contribution in [0.1, 0.15) is 54.5 Å². The van der Waals surface area contributed by atoms with Gasteiger partial charge in [-0.25, -0.2) is 13.8 Å². The lowest BCUT2D eigenvalue weighted by molar-refractivity contribution is -0.143. The molecule has 46 heavy (non-hydrogen) atoms. The zero-order valence-electron chi connectivity index (χ0n) is 26.2. The van der Waals surface area contributed by atoms with Gasteiger partial charge in [-0.05, 0) is 60.9 Å². The Balaban J connectivity index is 1.96. The molecule has 2 atom stereocenters. The average molecular weight is 633 g/mol. The van der Waals surface area contributed by atoms with Gasteiger partial charge in [0.15, 0.2) is 0 Å². The zero-order chi connectivity index (χ0) is 33.4. The molecule has 0 saturated carbocycles. The van der Waals surface area contributed by atoms with Crippen LogP contribution in [0.4, 0.5) is 8.78 Å². The van der Waals surface area contributed by atoms with Crippen molar-refractivity contribution in [1.82, 2.24) is 9.63 Å². The molecule has 0 fully saturated rings. The molecule has 1 amide bonds. The van der Waals surface area contributed by atoms with Crippen molar-refractivity contribution in [2.24, 2.45) is 0 Å². The highest BCUT2D eigenvalue weighted by atomic mass is 19.1. The fourth-order valence-corrected chi connectivity index (χ4v) is 5.33. The minimum absolute atomic E-state index is 0.135. The summed E-state index contributed by atoms with van der Waals surface area (Å²) in [6.45, 7) is 3.92. The third-order valence-electron chi connectivity index (χ3n) is 7.46. The molecule has 4 rings (SSSR count). The maximum absolute atomic E-state index is 14.5. The number of hydrogen-bond donors (Lipinski definition) is 2. The highest BCUT2D eigenvalue weighted by molar-refractivity contribution is 6.06. The van der Waals surface area contributed by atoms with E-state index >= 15 is 0 Å². The van der Waals surface area contributed by atoms with E-state index in [1.54, 1.807) is 34.9 Å². The monoisotopic (exact) mass is 632 g/mol. The van der Waals surface area contributed by atoms with E-state index in [9.17, 15) is 28.6 Å². The second kappa shape index (κ2) is 15.6. The third-order valence-corrected chi connectivity index (χ3v) is 7.46. The lowest BCUT2D eigenvalue weighted by Crippen LogP contribution is -2.32. The first-order valence-corrected chi connectivity index (χ1v) is 14.8. The largest absolute Gasteiger partial charge is 0.469 e. The van der Waals surface area contributed by atoms with Crippen LogP contribution in [-0.4, -0.2) is 58.1 Å². The van der Waals surface area contributed by atoms with Gasteiger partial charge in [-0.15, -0.1) is 0 Å². The molecule has 1 heterocycles. The van der Waals surface area contributed by atoms with Gasteiger partial charge >= 0.3 is 5.97 Å². The zero-order valence-corrected chi connectivity index (χ0v) is 26.2. The van der Waals surface area contributed by atoms with Crippen LogP contribution in [0.5, 0.6) is 0 Å². The van der Waals surface area contributed by atoms with Crippen LogP contribution in [0.2, 0.25) is 0 Å². The molecule has 2 unspecified atom stereocenters. The molecule has 0 spiro atoms. The van der Waals surface area contributed by atoms with Crippen LogP contribution in [0.3, 0.4) is 0 Å². The molecule has 4 aromatic rings. The molecule has 10 heteroatoms. The molecule has 3 aromatic carbocycles. The number of nitrogens with zero attached hydrogens (tertiary/aromatic N) is 2. The normalized spacial score (nSPS) is 12.8. The van der Waals surface area contributed by atoms with Crippen LogP contribution in [0.15, 0.2) is 84.9 Å². The summed E-state index contributed by atoms with van der Waals surface area (Å²) in [6, 6.07) is 20.5. The Morgan fingerprint density at radius 1 is 0.870 bits per heavy atom. The van der Waals surface area contributed by atoms with E-state index in [0.29, 0.717) is 27.9 Å². The first-order chi connectivity index (χ1) is 22.0. The minimum atomic E-state index is -1.17. The number of aliphatic hydroxyl groups excluding tert-OH is 2. The molecule has 0 bridgehead atoms. The molecule has 0 aliphatic heterocycles.